The van der Waals surface area contributed by atoms with Gasteiger partial charge in [-0.1, -0.05) is 6.07 Å². The molecule has 0 bridgehead atoms. The molecule has 0 saturated heterocycles. The normalized spacial score (nSPS) is 10.8. The SMILES string of the molecule is CNc1cccc(NCC(=O)NC(C)(C)C)n1. The molecule has 0 radical (unpaired) electrons. The lowest BCUT2D eigenvalue weighted by atomic mass is 10.1. The summed E-state index contributed by atoms with van der Waals surface area (Å²) in [7, 11) is 1.80. The molecule has 5 heteroatoms. The van der Waals surface area contributed by atoms with Gasteiger partial charge in [0.05, 0.1) is 6.54 Å². The van der Waals surface area contributed by atoms with Crippen molar-refractivity contribution in [3.8, 4) is 0 Å². The van der Waals surface area contributed by atoms with Crippen LogP contribution >= 0.6 is 0 Å². The maximum Gasteiger partial charge on any atom is 0.239 e. The van der Waals surface area contributed by atoms with Crippen LogP contribution in [0.25, 0.3) is 0 Å². The Morgan fingerprint density at radius 1 is 1.29 bits per heavy atom. The van der Waals surface area contributed by atoms with Crippen LogP contribution in [0.1, 0.15) is 20.8 Å². The molecule has 1 aromatic rings. The summed E-state index contributed by atoms with van der Waals surface area (Å²) in [6.45, 7) is 6.07. The van der Waals surface area contributed by atoms with Crippen LogP contribution in [0.2, 0.25) is 0 Å². The zero-order chi connectivity index (χ0) is 12.9. The first-order valence-electron chi connectivity index (χ1n) is 5.60. The van der Waals surface area contributed by atoms with Crippen molar-refractivity contribution in [2.75, 3.05) is 24.2 Å². The Morgan fingerprint density at radius 2 is 1.94 bits per heavy atom. The molecule has 3 N–H and O–H groups in total. The van der Waals surface area contributed by atoms with Crippen LogP contribution in [0.15, 0.2) is 18.2 Å². The number of hydrogen-bond donors (Lipinski definition) is 3. The first-order valence-corrected chi connectivity index (χ1v) is 5.60. The number of pyridine rings is 1. The van der Waals surface area contributed by atoms with Crippen LogP contribution in [0, 0.1) is 0 Å². The summed E-state index contributed by atoms with van der Waals surface area (Å²) in [6.07, 6.45) is 0. The Hall–Kier alpha value is -1.78. The summed E-state index contributed by atoms with van der Waals surface area (Å²) in [5.74, 6) is 1.40. The minimum absolute atomic E-state index is 0.0471. The van der Waals surface area contributed by atoms with E-state index in [9.17, 15) is 4.79 Å². The first-order chi connectivity index (χ1) is 7.90. The predicted octanol–water partition coefficient (Wildman–Crippen LogP) is 1.45. The topological polar surface area (TPSA) is 66.0 Å². The largest absolute Gasteiger partial charge is 0.373 e. The fourth-order valence-electron chi connectivity index (χ4n) is 1.31. The second-order valence-electron chi connectivity index (χ2n) is 4.81. The van der Waals surface area contributed by atoms with Gasteiger partial charge in [0.25, 0.3) is 0 Å². The second-order valence-corrected chi connectivity index (χ2v) is 4.81. The van der Waals surface area contributed by atoms with Crippen molar-refractivity contribution in [3.05, 3.63) is 18.2 Å². The highest BCUT2D eigenvalue weighted by Gasteiger charge is 2.13. The van der Waals surface area contributed by atoms with Gasteiger partial charge in [-0.2, -0.15) is 0 Å². The Kier molecular flexibility index (Phi) is 4.31. The number of carbonyl (C=O) groups excluding carboxylic acids is 1. The number of rotatable bonds is 4. The van der Waals surface area contributed by atoms with Crippen LogP contribution in [-0.2, 0) is 4.79 Å². The summed E-state index contributed by atoms with van der Waals surface area (Å²) in [5.41, 5.74) is -0.209. The number of nitrogens with zero attached hydrogens (tertiary/aromatic N) is 1. The zero-order valence-corrected chi connectivity index (χ0v) is 10.8. The Labute approximate surface area is 102 Å². The number of hydrogen-bond acceptors (Lipinski definition) is 4. The van der Waals surface area contributed by atoms with Crippen molar-refractivity contribution < 1.29 is 4.79 Å². The van der Waals surface area contributed by atoms with E-state index in [4.69, 9.17) is 0 Å². The van der Waals surface area contributed by atoms with E-state index >= 15 is 0 Å². The molecule has 1 rings (SSSR count). The van der Waals surface area contributed by atoms with Crippen LogP contribution < -0.4 is 16.0 Å². The van der Waals surface area contributed by atoms with Crippen molar-refractivity contribution in [3.63, 3.8) is 0 Å². The maximum absolute atomic E-state index is 11.6. The lowest BCUT2D eigenvalue weighted by Gasteiger charge is -2.20. The molecule has 0 spiro atoms. The summed E-state index contributed by atoms with van der Waals surface area (Å²) in [6, 6.07) is 5.56. The van der Waals surface area contributed by atoms with E-state index in [1.54, 1.807) is 7.05 Å². The average molecular weight is 236 g/mol. The van der Waals surface area contributed by atoms with Gasteiger partial charge in [0.2, 0.25) is 5.91 Å². The van der Waals surface area contributed by atoms with E-state index in [1.165, 1.54) is 0 Å². The fraction of sp³-hybridized carbons (Fsp3) is 0.500. The number of anilines is 2. The van der Waals surface area contributed by atoms with Gasteiger partial charge in [-0.15, -0.1) is 0 Å². The van der Waals surface area contributed by atoms with E-state index in [0.717, 1.165) is 5.82 Å². The van der Waals surface area contributed by atoms with Crippen molar-refractivity contribution in [2.24, 2.45) is 0 Å². The lowest BCUT2D eigenvalue weighted by molar-refractivity contribution is -0.120. The molecule has 5 nitrogen and oxygen atoms in total. The van der Waals surface area contributed by atoms with Crippen molar-refractivity contribution in [1.29, 1.82) is 0 Å². The van der Waals surface area contributed by atoms with Gasteiger partial charge in [0, 0.05) is 12.6 Å². The molecule has 0 saturated carbocycles. The van der Waals surface area contributed by atoms with Gasteiger partial charge in [0.15, 0.2) is 0 Å². The van der Waals surface area contributed by atoms with E-state index in [2.05, 4.69) is 20.9 Å². The van der Waals surface area contributed by atoms with Crippen molar-refractivity contribution >= 4 is 17.5 Å². The molecule has 17 heavy (non-hydrogen) atoms. The molecule has 0 fully saturated rings. The van der Waals surface area contributed by atoms with Crippen LogP contribution in [-0.4, -0.2) is 30.0 Å². The van der Waals surface area contributed by atoms with Gasteiger partial charge in [-0.05, 0) is 32.9 Å². The summed E-state index contributed by atoms with van der Waals surface area (Å²) < 4.78 is 0. The number of aromatic nitrogens is 1. The molecule has 0 aliphatic carbocycles. The predicted molar refractivity (Wildman–Crippen MR) is 70.2 cm³/mol. The standard InChI is InChI=1S/C12H20N4O/c1-12(2,3)16-11(17)8-14-10-7-5-6-9(13-4)15-10/h5-7H,8H2,1-4H3,(H,16,17)(H2,13,14,15). The quantitative estimate of drug-likeness (QED) is 0.740. The molecule has 1 aromatic heterocycles. The fourth-order valence-corrected chi connectivity index (χ4v) is 1.31. The van der Waals surface area contributed by atoms with Gasteiger partial charge < -0.3 is 16.0 Å². The number of carbonyl (C=O) groups is 1. The molecule has 0 aliphatic rings. The summed E-state index contributed by atoms with van der Waals surface area (Å²) in [4.78, 5) is 15.8. The van der Waals surface area contributed by atoms with Gasteiger partial charge in [-0.3, -0.25) is 4.79 Å². The van der Waals surface area contributed by atoms with Crippen LogP contribution in [0.5, 0.6) is 0 Å². The molecule has 1 amide bonds. The van der Waals surface area contributed by atoms with Crippen LogP contribution in [0.4, 0.5) is 11.6 Å². The van der Waals surface area contributed by atoms with Crippen LogP contribution in [0.3, 0.4) is 0 Å². The third-order valence-electron chi connectivity index (χ3n) is 1.95. The highest BCUT2D eigenvalue weighted by atomic mass is 16.2. The van der Waals surface area contributed by atoms with Crippen molar-refractivity contribution in [2.45, 2.75) is 26.3 Å². The summed E-state index contributed by atoms with van der Waals surface area (Å²) in [5, 5.41) is 8.79. The Morgan fingerprint density at radius 3 is 2.53 bits per heavy atom. The van der Waals surface area contributed by atoms with E-state index in [-0.39, 0.29) is 18.0 Å². The van der Waals surface area contributed by atoms with E-state index in [0.29, 0.717) is 5.82 Å². The monoisotopic (exact) mass is 236 g/mol. The smallest absolute Gasteiger partial charge is 0.239 e. The van der Waals surface area contributed by atoms with Gasteiger partial charge in [-0.25, -0.2) is 4.98 Å². The molecule has 0 aromatic carbocycles. The van der Waals surface area contributed by atoms with Gasteiger partial charge >= 0.3 is 0 Å². The first kappa shape index (κ1) is 13.3. The molecular formula is C12H20N4O. The molecule has 0 unspecified atom stereocenters. The third-order valence-corrected chi connectivity index (χ3v) is 1.95. The molecular weight excluding hydrogens is 216 g/mol. The average Bonchev–Trinajstić information content (AvgIpc) is 2.24. The molecule has 1 heterocycles. The zero-order valence-electron chi connectivity index (χ0n) is 10.8. The van der Waals surface area contributed by atoms with E-state index in [1.807, 2.05) is 39.0 Å². The number of amides is 1. The Balaban J connectivity index is 2.47. The number of nitrogens with one attached hydrogen (secondary N) is 3. The summed E-state index contributed by atoms with van der Waals surface area (Å²) >= 11 is 0. The highest BCUT2D eigenvalue weighted by Crippen LogP contribution is 2.07. The van der Waals surface area contributed by atoms with Crippen molar-refractivity contribution in [1.82, 2.24) is 10.3 Å². The third kappa shape index (κ3) is 5.19. The minimum Gasteiger partial charge on any atom is -0.373 e. The Bertz CT molecular complexity index is 384. The lowest BCUT2D eigenvalue weighted by Crippen LogP contribution is -2.43. The molecule has 94 valence electrons. The van der Waals surface area contributed by atoms with Gasteiger partial charge in [0.1, 0.15) is 11.6 Å². The van der Waals surface area contributed by atoms with E-state index < -0.39 is 0 Å². The molecule has 0 atom stereocenters. The second kappa shape index (κ2) is 5.52. The highest BCUT2D eigenvalue weighted by molar-refractivity contribution is 5.81. The molecule has 0 aliphatic heterocycles. The maximum atomic E-state index is 11.6. The minimum atomic E-state index is -0.209.